The molecule has 0 aliphatic rings. The zero-order valence-electron chi connectivity index (χ0n) is 8.84. The third-order valence-electron chi connectivity index (χ3n) is 1.99. The number of ketones is 1. The second kappa shape index (κ2) is 4.87. The van der Waals surface area contributed by atoms with Crippen LogP contribution in [0.15, 0.2) is 12.1 Å². The Labute approximate surface area is 96.2 Å². The van der Waals surface area contributed by atoms with E-state index in [9.17, 15) is 26.4 Å². The molecule has 0 aliphatic carbocycles. The van der Waals surface area contributed by atoms with E-state index in [0.717, 1.165) is 6.26 Å². The average molecular weight is 266 g/mol. The summed E-state index contributed by atoms with van der Waals surface area (Å²) in [4.78, 5) is 11.4. The van der Waals surface area contributed by atoms with Crippen LogP contribution >= 0.6 is 0 Å². The van der Waals surface area contributed by atoms with E-state index >= 15 is 0 Å². The highest BCUT2D eigenvalue weighted by Gasteiger charge is 2.19. The lowest BCUT2D eigenvalue weighted by Crippen LogP contribution is -2.12. The number of Topliss-reactive ketones (excluding diaryl/α,β-unsaturated/α-hetero) is 1. The maximum absolute atomic E-state index is 13.1. The predicted molar refractivity (Wildman–Crippen MR) is 55.0 cm³/mol. The Morgan fingerprint density at radius 3 is 2.06 bits per heavy atom. The van der Waals surface area contributed by atoms with Gasteiger partial charge < -0.3 is 0 Å². The fourth-order valence-corrected chi connectivity index (χ4v) is 1.77. The Hall–Kier alpha value is -1.37. The lowest BCUT2D eigenvalue weighted by molar-refractivity contribution is 0.0980. The van der Waals surface area contributed by atoms with Gasteiger partial charge in [0.05, 0.1) is 11.3 Å². The molecular weight excluding hydrogens is 257 g/mol. The number of hydrogen-bond donors (Lipinski definition) is 0. The molecule has 0 fully saturated rings. The first-order valence-electron chi connectivity index (χ1n) is 4.56. The fourth-order valence-electron chi connectivity index (χ4n) is 1.21. The zero-order chi connectivity index (χ0) is 13.2. The minimum atomic E-state index is -3.40. The largest absolute Gasteiger partial charge is 0.294 e. The summed E-state index contributed by atoms with van der Waals surface area (Å²) in [5.41, 5.74) is -0.907. The van der Waals surface area contributed by atoms with Crippen molar-refractivity contribution in [1.29, 1.82) is 0 Å². The van der Waals surface area contributed by atoms with E-state index in [1.54, 1.807) is 0 Å². The first-order chi connectivity index (χ1) is 7.70. The number of halogens is 3. The van der Waals surface area contributed by atoms with Crippen LogP contribution in [-0.4, -0.2) is 26.2 Å². The minimum absolute atomic E-state index is 0.372. The van der Waals surface area contributed by atoms with E-state index in [2.05, 4.69) is 0 Å². The molecule has 3 nitrogen and oxygen atoms in total. The number of benzene rings is 1. The van der Waals surface area contributed by atoms with E-state index in [0.29, 0.717) is 12.1 Å². The molecule has 0 saturated heterocycles. The monoisotopic (exact) mass is 266 g/mol. The van der Waals surface area contributed by atoms with Crippen molar-refractivity contribution in [1.82, 2.24) is 0 Å². The van der Waals surface area contributed by atoms with Crippen LogP contribution in [0.2, 0.25) is 0 Å². The molecule has 0 aromatic heterocycles. The molecule has 0 N–H and O–H groups in total. The van der Waals surface area contributed by atoms with E-state index < -0.39 is 50.8 Å². The first kappa shape index (κ1) is 13.7. The van der Waals surface area contributed by atoms with Crippen LogP contribution in [0.3, 0.4) is 0 Å². The van der Waals surface area contributed by atoms with Gasteiger partial charge in [0.1, 0.15) is 27.3 Å². The molecule has 17 heavy (non-hydrogen) atoms. The van der Waals surface area contributed by atoms with Crippen LogP contribution in [-0.2, 0) is 9.84 Å². The summed E-state index contributed by atoms with van der Waals surface area (Å²) in [6.45, 7) is 0. The van der Waals surface area contributed by atoms with Crippen LogP contribution in [0, 0.1) is 17.5 Å². The average Bonchev–Trinajstić information content (AvgIpc) is 2.11. The number of rotatable bonds is 4. The normalized spacial score (nSPS) is 11.5. The Bertz CT molecular complexity index is 529. The van der Waals surface area contributed by atoms with E-state index in [1.807, 2.05) is 0 Å². The first-order valence-corrected chi connectivity index (χ1v) is 6.62. The SMILES string of the molecule is CS(=O)(=O)CCC(=O)c1c(F)cc(F)cc1F. The van der Waals surface area contributed by atoms with Crippen molar-refractivity contribution >= 4 is 15.6 Å². The van der Waals surface area contributed by atoms with Crippen molar-refractivity contribution in [3.63, 3.8) is 0 Å². The molecule has 7 heteroatoms. The van der Waals surface area contributed by atoms with Crippen LogP contribution in [0.1, 0.15) is 16.8 Å². The highest BCUT2D eigenvalue weighted by molar-refractivity contribution is 7.90. The van der Waals surface area contributed by atoms with E-state index in [4.69, 9.17) is 0 Å². The van der Waals surface area contributed by atoms with Gasteiger partial charge in [0.2, 0.25) is 0 Å². The summed E-state index contributed by atoms with van der Waals surface area (Å²) in [7, 11) is -3.40. The Morgan fingerprint density at radius 2 is 1.65 bits per heavy atom. The number of carbonyl (C=O) groups excluding carboxylic acids is 1. The molecule has 1 rings (SSSR count). The lowest BCUT2D eigenvalue weighted by Gasteiger charge is -2.04. The third kappa shape index (κ3) is 3.85. The summed E-state index contributed by atoms with van der Waals surface area (Å²) in [5.74, 6) is -5.32. The number of carbonyl (C=O) groups is 1. The molecule has 1 aromatic rings. The maximum Gasteiger partial charge on any atom is 0.169 e. The van der Waals surface area contributed by atoms with Gasteiger partial charge in [-0.15, -0.1) is 0 Å². The van der Waals surface area contributed by atoms with Gasteiger partial charge >= 0.3 is 0 Å². The molecule has 0 heterocycles. The molecule has 0 spiro atoms. The summed E-state index contributed by atoms with van der Waals surface area (Å²) in [5, 5.41) is 0. The summed E-state index contributed by atoms with van der Waals surface area (Å²) in [6.07, 6.45) is 0.357. The van der Waals surface area contributed by atoms with Gasteiger partial charge in [0, 0.05) is 24.8 Å². The van der Waals surface area contributed by atoms with Crippen molar-refractivity contribution in [3.05, 3.63) is 35.1 Å². The fraction of sp³-hybridized carbons (Fsp3) is 0.300. The highest BCUT2D eigenvalue weighted by Crippen LogP contribution is 2.16. The summed E-state index contributed by atoms with van der Waals surface area (Å²) in [6, 6.07) is 0.744. The molecule has 0 radical (unpaired) electrons. The van der Waals surface area contributed by atoms with Crippen molar-refractivity contribution < 1.29 is 26.4 Å². The molecule has 0 aliphatic heterocycles. The van der Waals surface area contributed by atoms with Crippen LogP contribution in [0.25, 0.3) is 0 Å². The predicted octanol–water partition coefficient (Wildman–Crippen LogP) is 1.72. The van der Waals surface area contributed by atoms with Gasteiger partial charge in [-0.25, -0.2) is 21.6 Å². The molecule has 1 aromatic carbocycles. The van der Waals surface area contributed by atoms with Crippen molar-refractivity contribution in [2.45, 2.75) is 6.42 Å². The molecule has 94 valence electrons. The maximum atomic E-state index is 13.1. The van der Waals surface area contributed by atoms with Gasteiger partial charge in [-0.05, 0) is 0 Å². The standard InChI is InChI=1S/C10H9F3O3S/c1-17(15,16)3-2-9(14)10-7(12)4-6(11)5-8(10)13/h4-5H,2-3H2,1H3. The second-order valence-electron chi connectivity index (χ2n) is 3.55. The second-order valence-corrected chi connectivity index (χ2v) is 5.81. The molecule has 0 saturated carbocycles. The highest BCUT2D eigenvalue weighted by atomic mass is 32.2. The lowest BCUT2D eigenvalue weighted by atomic mass is 10.1. The van der Waals surface area contributed by atoms with Gasteiger partial charge in [0.15, 0.2) is 5.78 Å². The van der Waals surface area contributed by atoms with Crippen molar-refractivity contribution in [3.8, 4) is 0 Å². The van der Waals surface area contributed by atoms with Crippen molar-refractivity contribution in [2.75, 3.05) is 12.0 Å². The number of hydrogen-bond acceptors (Lipinski definition) is 3. The van der Waals surface area contributed by atoms with Crippen molar-refractivity contribution in [2.24, 2.45) is 0 Å². The Kier molecular flexibility index (Phi) is 3.92. The summed E-state index contributed by atoms with van der Waals surface area (Å²) >= 11 is 0. The molecule has 0 amide bonds. The third-order valence-corrected chi connectivity index (χ3v) is 2.93. The Morgan fingerprint density at radius 1 is 1.18 bits per heavy atom. The molecule has 0 bridgehead atoms. The summed E-state index contributed by atoms with van der Waals surface area (Å²) < 4.78 is 60.4. The smallest absolute Gasteiger partial charge is 0.169 e. The molecule has 0 unspecified atom stereocenters. The van der Waals surface area contributed by atoms with E-state index in [-0.39, 0.29) is 0 Å². The quantitative estimate of drug-likeness (QED) is 0.780. The van der Waals surface area contributed by atoms with Crippen LogP contribution in [0.5, 0.6) is 0 Å². The van der Waals surface area contributed by atoms with E-state index in [1.165, 1.54) is 0 Å². The van der Waals surface area contributed by atoms with Gasteiger partial charge in [-0.2, -0.15) is 0 Å². The number of sulfone groups is 1. The zero-order valence-corrected chi connectivity index (χ0v) is 9.65. The topological polar surface area (TPSA) is 51.2 Å². The minimum Gasteiger partial charge on any atom is -0.294 e. The van der Waals surface area contributed by atoms with Gasteiger partial charge in [-0.3, -0.25) is 4.79 Å². The van der Waals surface area contributed by atoms with Gasteiger partial charge in [-0.1, -0.05) is 0 Å². The molecular formula is C10H9F3O3S. The van der Waals surface area contributed by atoms with Crippen LogP contribution < -0.4 is 0 Å². The van der Waals surface area contributed by atoms with Crippen LogP contribution in [0.4, 0.5) is 13.2 Å². The molecule has 0 atom stereocenters. The Balaban J connectivity index is 2.98. The van der Waals surface area contributed by atoms with Gasteiger partial charge in [0.25, 0.3) is 0 Å².